The molecule has 0 aliphatic carbocycles. The Bertz CT molecular complexity index is 758. The van der Waals surface area contributed by atoms with Crippen LogP contribution in [0, 0.1) is 5.82 Å². The Labute approximate surface area is 132 Å². The van der Waals surface area contributed by atoms with Crippen molar-refractivity contribution in [2.75, 3.05) is 0 Å². The minimum absolute atomic E-state index is 0.238. The molecule has 0 atom stereocenters. The molecule has 0 saturated heterocycles. The van der Waals surface area contributed by atoms with Crippen LogP contribution in [-0.2, 0) is 13.2 Å². The molecule has 0 unspecified atom stereocenters. The summed E-state index contributed by atoms with van der Waals surface area (Å²) in [7, 11) is 0. The van der Waals surface area contributed by atoms with Crippen LogP contribution in [0.1, 0.15) is 10.6 Å². The maximum absolute atomic E-state index is 14.2. The summed E-state index contributed by atoms with van der Waals surface area (Å²) >= 11 is 1.47. The first-order valence-corrected chi connectivity index (χ1v) is 7.75. The van der Waals surface area contributed by atoms with Crippen molar-refractivity contribution in [2.24, 2.45) is 5.73 Å². The first-order valence-electron chi connectivity index (χ1n) is 6.87. The van der Waals surface area contributed by atoms with Crippen molar-refractivity contribution in [2.45, 2.75) is 13.2 Å². The van der Waals surface area contributed by atoms with Crippen molar-refractivity contribution in [3.63, 3.8) is 0 Å². The van der Waals surface area contributed by atoms with Gasteiger partial charge >= 0.3 is 0 Å². The summed E-state index contributed by atoms with van der Waals surface area (Å²) in [6, 6.07) is 14.5. The highest BCUT2D eigenvalue weighted by Crippen LogP contribution is 2.27. The summed E-state index contributed by atoms with van der Waals surface area (Å²) in [6.07, 6.45) is 0. The number of benzene rings is 2. The lowest BCUT2D eigenvalue weighted by molar-refractivity contribution is 0.290. The number of nitrogens with zero attached hydrogens (tertiary/aromatic N) is 1. The van der Waals surface area contributed by atoms with E-state index in [4.69, 9.17) is 10.5 Å². The van der Waals surface area contributed by atoms with E-state index in [1.54, 1.807) is 12.1 Å². The van der Waals surface area contributed by atoms with Crippen molar-refractivity contribution in [1.29, 1.82) is 0 Å². The van der Waals surface area contributed by atoms with E-state index in [0.717, 1.165) is 21.8 Å². The van der Waals surface area contributed by atoms with Gasteiger partial charge in [-0.05, 0) is 23.8 Å². The van der Waals surface area contributed by atoms with E-state index in [2.05, 4.69) is 4.98 Å². The predicted octanol–water partition coefficient (Wildman–Crippen LogP) is 3.99. The van der Waals surface area contributed by atoms with E-state index in [-0.39, 0.29) is 5.75 Å². The molecule has 3 nitrogen and oxygen atoms in total. The van der Waals surface area contributed by atoms with Crippen molar-refractivity contribution >= 4 is 11.3 Å². The van der Waals surface area contributed by atoms with Gasteiger partial charge in [0.15, 0.2) is 11.6 Å². The number of ether oxygens (including phenoxy) is 1. The molecule has 2 aromatic carbocycles. The molecule has 5 heteroatoms. The largest absolute Gasteiger partial charge is 0.486 e. The fraction of sp³-hybridized carbons (Fsp3) is 0.118. The second-order valence-electron chi connectivity index (χ2n) is 4.75. The lowest BCUT2D eigenvalue weighted by atomic mass is 10.1. The molecule has 0 radical (unpaired) electrons. The van der Waals surface area contributed by atoms with Crippen molar-refractivity contribution in [3.8, 4) is 17.0 Å². The van der Waals surface area contributed by atoms with Gasteiger partial charge in [0.05, 0.1) is 5.69 Å². The highest BCUT2D eigenvalue weighted by atomic mass is 32.1. The Hall–Kier alpha value is -2.24. The lowest BCUT2D eigenvalue weighted by Crippen LogP contribution is -1.97. The Morgan fingerprint density at radius 2 is 1.95 bits per heavy atom. The van der Waals surface area contributed by atoms with Crippen LogP contribution >= 0.6 is 11.3 Å². The smallest absolute Gasteiger partial charge is 0.165 e. The van der Waals surface area contributed by atoms with Crippen molar-refractivity contribution in [1.82, 2.24) is 4.98 Å². The zero-order valence-electron chi connectivity index (χ0n) is 11.8. The van der Waals surface area contributed by atoms with Crippen LogP contribution < -0.4 is 10.5 Å². The van der Waals surface area contributed by atoms with Crippen LogP contribution in [0.15, 0.2) is 53.9 Å². The maximum atomic E-state index is 14.2. The number of aromatic nitrogens is 1. The molecule has 0 aliphatic rings. The van der Waals surface area contributed by atoms with Gasteiger partial charge in [-0.2, -0.15) is 0 Å². The van der Waals surface area contributed by atoms with E-state index in [1.165, 1.54) is 17.4 Å². The van der Waals surface area contributed by atoms with E-state index in [1.807, 2.05) is 35.7 Å². The van der Waals surface area contributed by atoms with Gasteiger partial charge in [0, 0.05) is 17.5 Å². The van der Waals surface area contributed by atoms with Gasteiger partial charge in [0.1, 0.15) is 11.6 Å². The highest BCUT2D eigenvalue weighted by molar-refractivity contribution is 7.09. The molecule has 3 aromatic rings. The van der Waals surface area contributed by atoms with Crippen molar-refractivity contribution < 1.29 is 9.13 Å². The third kappa shape index (κ3) is 3.32. The number of halogens is 1. The standard InChI is InChI=1S/C17H15FN2OS/c18-14-8-13(15-11-22-17(9-19)20-15)6-7-16(14)21-10-12-4-2-1-3-5-12/h1-8,11H,9-10,19H2. The summed E-state index contributed by atoms with van der Waals surface area (Å²) < 4.78 is 19.7. The minimum Gasteiger partial charge on any atom is -0.486 e. The number of hydrogen-bond donors (Lipinski definition) is 1. The molecule has 0 amide bonds. The highest BCUT2D eigenvalue weighted by Gasteiger charge is 2.09. The predicted molar refractivity (Wildman–Crippen MR) is 86.2 cm³/mol. The van der Waals surface area contributed by atoms with E-state index in [0.29, 0.717) is 13.2 Å². The minimum atomic E-state index is -0.393. The molecule has 0 fully saturated rings. The molecule has 0 aliphatic heterocycles. The molecule has 0 bridgehead atoms. The van der Waals surface area contributed by atoms with Gasteiger partial charge < -0.3 is 10.5 Å². The van der Waals surface area contributed by atoms with Crippen LogP contribution in [0.2, 0.25) is 0 Å². The summed E-state index contributed by atoms with van der Waals surface area (Å²) in [4.78, 5) is 4.35. The third-order valence-corrected chi connectivity index (χ3v) is 4.06. The number of hydrogen-bond acceptors (Lipinski definition) is 4. The topological polar surface area (TPSA) is 48.1 Å². The summed E-state index contributed by atoms with van der Waals surface area (Å²) in [5.41, 5.74) is 8.00. The monoisotopic (exact) mass is 314 g/mol. The zero-order valence-corrected chi connectivity index (χ0v) is 12.6. The summed E-state index contributed by atoms with van der Waals surface area (Å²) in [5, 5.41) is 2.71. The molecule has 3 rings (SSSR count). The average Bonchev–Trinajstić information content (AvgIpc) is 3.04. The first kappa shape index (κ1) is 14.7. The zero-order chi connectivity index (χ0) is 15.4. The summed E-state index contributed by atoms with van der Waals surface area (Å²) in [5.74, 6) is -0.155. The van der Waals surface area contributed by atoms with Gasteiger partial charge in [-0.1, -0.05) is 30.3 Å². The van der Waals surface area contributed by atoms with Crippen LogP contribution in [0.4, 0.5) is 4.39 Å². The SMILES string of the molecule is NCc1nc(-c2ccc(OCc3ccccc3)c(F)c2)cs1. The number of nitrogens with two attached hydrogens (primary N) is 1. The van der Waals surface area contributed by atoms with Crippen LogP contribution in [0.25, 0.3) is 11.3 Å². The van der Waals surface area contributed by atoms with E-state index >= 15 is 0 Å². The second kappa shape index (κ2) is 6.68. The maximum Gasteiger partial charge on any atom is 0.165 e. The van der Waals surface area contributed by atoms with E-state index in [9.17, 15) is 4.39 Å². The molecular formula is C17H15FN2OS. The molecule has 112 valence electrons. The van der Waals surface area contributed by atoms with Crippen LogP contribution in [0.5, 0.6) is 5.75 Å². The van der Waals surface area contributed by atoms with Gasteiger partial charge in [-0.3, -0.25) is 0 Å². The Morgan fingerprint density at radius 1 is 1.14 bits per heavy atom. The summed E-state index contributed by atoms with van der Waals surface area (Å²) in [6.45, 7) is 0.733. The Balaban J connectivity index is 1.74. The molecule has 1 aromatic heterocycles. The molecule has 0 spiro atoms. The van der Waals surface area contributed by atoms with Crippen LogP contribution in [0.3, 0.4) is 0 Å². The van der Waals surface area contributed by atoms with Crippen LogP contribution in [-0.4, -0.2) is 4.98 Å². The molecular weight excluding hydrogens is 299 g/mol. The third-order valence-electron chi connectivity index (χ3n) is 3.19. The van der Waals surface area contributed by atoms with E-state index < -0.39 is 5.82 Å². The number of thiazole rings is 1. The fourth-order valence-electron chi connectivity index (χ4n) is 2.05. The second-order valence-corrected chi connectivity index (χ2v) is 5.69. The number of rotatable bonds is 5. The van der Waals surface area contributed by atoms with Gasteiger partial charge in [0.25, 0.3) is 0 Å². The van der Waals surface area contributed by atoms with Gasteiger partial charge in [0.2, 0.25) is 0 Å². The fourth-order valence-corrected chi connectivity index (χ4v) is 2.73. The Morgan fingerprint density at radius 3 is 2.64 bits per heavy atom. The van der Waals surface area contributed by atoms with Gasteiger partial charge in [-0.25, -0.2) is 9.37 Å². The molecule has 0 saturated carbocycles. The van der Waals surface area contributed by atoms with Crippen molar-refractivity contribution in [3.05, 3.63) is 70.3 Å². The Kier molecular flexibility index (Phi) is 4.46. The van der Waals surface area contributed by atoms with Gasteiger partial charge in [-0.15, -0.1) is 11.3 Å². The molecule has 22 heavy (non-hydrogen) atoms. The lowest BCUT2D eigenvalue weighted by Gasteiger charge is -2.08. The first-order chi connectivity index (χ1) is 10.8. The quantitative estimate of drug-likeness (QED) is 0.774. The normalized spacial score (nSPS) is 10.6. The average molecular weight is 314 g/mol. The molecule has 1 heterocycles. The molecule has 2 N–H and O–H groups in total.